The van der Waals surface area contributed by atoms with E-state index in [0.717, 1.165) is 6.07 Å². The lowest BCUT2D eigenvalue weighted by Gasteiger charge is -2.34. The molecule has 0 radical (unpaired) electrons. The molecule has 1 amide bonds. The Kier molecular flexibility index (Phi) is 4.38. The second kappa shape index (κ2) is 5.90. The Bertz CT molecular complexity index is 534. The Morgan fingerprint density at radius 3 is 2.76 bits per heavy atom. The SMILES string of the molecule is CC1COCCN1C(=O)c1cccc(C(F)(F)F)c1NN. The van der Waals surface area contributed by atoms with Gasteiger partial charge in [-0.05, 0) is 19.1 Å². The lowest BCUT2D eigenvalue weighted by atomic mass is 10.0. The van der Waals surface area contributed by atoms with Crippen molar-refractivity contribution in [1.29, 1.82) is 0 Å². The number of para-hydroxylation sites is 1. The minimum Gasteiger partial charge on any atom is -0.377 e. The molecule has 1 heterocycles. The highest BCUT2D eigenvalue weighted by molar-refractivity contribution is 6.00. The summed E-state index contributed by atoms with van der Waals surface area (Å²) in [6.07, 6.45) is -4.59. The van der Waals surface area contributed by atoms with Crippen LogP contribution in [0, 0.1) is 0 Å². The molecule has 1 aliphatic heterocycles. The number of nitrogens with two attached hydrogens (primary N) is 1. The third-order valence-electron chi connectivity index (χ3n) is 3.37. The molecule has 0 aliphatic carbocycles. The van der Waals surface area contributed by atoms with Gasteiger partial charge in [0.2, 0.25) is 0 Å². The Balaban J connectivity index is 2.41. The van der Waals surface area contributed by atoms with E-state index in [9.17, 15) is 18.0 Å². The molecule has 1 aromatic carbocycles. The van der Waals surface area contributed by atoms with Crippen molar-refractivity contribution in [1.82, 2.24) is 4.90 Å². The molecule has 0 spiro atoms. The summed E-state index contributed by atoms with van der Waals surface area (Å²) in [5, 5.41) is 0. The molecule has 5 nitrogen and oxygen atoms in total. The highest BCUT2D eigenvalue weighted by atomic mass is 19.4. The minimum absolute atomic E-state index is 0.0962. The van der Waals surface area contributed by atoms with E-state index in [1.54, 1.807) is 6.92 Å². The number of morpholine rings is 1. The molecule has 1 unspecified atom stereocenters. The van der Waals surface area contributed by atoms with Crippen LogP contribution in [0.1, 0.15) is 22.8 Å². The molecule has 2 rings (SSSR count). The molecule has 0 saturated carbocycles. The lowest BCUT2D eigenvalue weighted by molar-refractivity contribution is -0.137. The number of benzene rings is 1. The van der Waals surface area contributed by atoms with Crippen molar-refractivity contribution in [3.8, 4) is 0 Å². The number of amides is 1. The number of carbonyl (C=O) groups is 1. The maximum Gasteiger partial charge on any atom is 0.418 e. The van der Waals surface area contributed by atoms with Crippen molar-refractivity contribution < 1.29 is 22.7 Å². The van der Waals surface area contributed by atoms with Gasteiger partial charge in [-0.2, -0.15) is 13.2 Å². The van der Waals surface area contributed by atoms with E-state index >= 15 is 0 Å². The number of nitrogen functional groups attached to an aromatic ring is 1. The maximum absolute atomic E-state index is 13.0. The second-order valence-electron chi connectivity index (χ2n) is 4.79. The van der Waals surface area contributed by atoms with Crippen molar-refractivity contribution in [3.05, 3.63) is 29.3 Å². The highest BCUT2D eigenvalue weighted by Gasteiger charge is 2.36. The average molecular weight is 303 g/mol. The van der Waals surface area contributed by atoms with E-state index in [4.69, 9.17) is 10.6 Å². The van der Waals surface area contributed by atoms with Crippen LogP contribution in [0.15, 0.2) is 18.2 Å². The molecule has 1 aliphatic rings. The number of hydrazine groups is 1. The molecule has 1 saturated heterocycles. The Labute approximate surface area is 119 Å². The number of hydrogen-bond donors (Lipinski definition) is 2. The van der Waals surface area contributed by atoms with Gasteiger partial charge in [0.05, 0.1) is 36.1 Å². The van der Waals surface area contributed by atoms with E-state index in [0.29, 0.717) is 19.8 Å². The van der Waals surface area contributed by atoms with Crippen LogP contribution in [0.4, 0.5) is 18.9 Å². The predicted molar refractivity (Wildman–Crippen MR) is 70.6 cm³/mol. The summed E-state index contributed by atoms with van der Waals surface area (Å²) in [7, 11) is 0. The van der Waals surface area contributed by atoms with Gasteiger partial charge in [0.15, 0.2) is 0 Å². The van der Waals surface area contributed by atoms with Gasteiger partial charge >= 0.3 is 6.18 Å². The second-order valence-corrected chi connectivity index (χ2v) is 4.79. The zero-order chi connectivity index (χ0) is 15.6. The van der Waals surface area contributed by atoms with Gasteiger partial charge in [0.1, 0.15) is 0 Å². The fourth-order valence-corrected chi connectivity index (χ4v) is 2.31. The van der Waals surface area contributed by atoms with Crippen LogP contribution < -0.4 is 11.3 Å². The zero-order valence-electron chi connectivity index (χ0n) is 11.4. The summed E-state index contributed by atoms with van der Waals surface area (Å²) < 4.78 is 44.1. The van der Waals surface area contributed by atoms with Gasteiger partial charge in [-0.25, -0.2) is 0 Å². The van der Waals surface area contributed by atoms with E-state index in [1.165, 1.54) is 17.0 Å². The standard InChI is InChI=1S/C13H16F3N3O2/c1-8-7-21-6-5-19(8)12(20)9-3-2-4-10(11(9)18-17)13(14,15)16/h2-4,8,18H,5-7,17H2,1H3. The van der Waals surface area contributed by atoms with Crippen LogP contribution in [-0.4, -0.2) is 36.6 Å². The predicted octanol–water partition coefficient (Wildman–Crippen LogP) is 1.85. The highest BCUT2D eigenvalue weighted by Crippen LogP contribution is 2.36. The molecule has 1 atom stereocenters. The Morgan fingerprint density at radius 2 is 2.19 bits per heavy atom. The number of carbonyl (C=O) groups excluding carboxylic acids is 1. The van der Waals surface area contributed by atoms with Gasteiger partial charge in [0, 0.05) is 6.54 Å². The van der Waals surface area contributed by atoms with Crippen LogP contribution in [0.2, 0.25) is 0 Å². The van der Waals surface area contributed by atoms with Gasteiger partial charge < -0.3 is 15.1 Å². The molecular weight excluding hydrogens is 287 g/mol. The number of nitrogens with one attached hydrogen (secondary N) is 1. The molecule has 0 bridgehead atoms. The number of nitrogens with zero attached hydrogens (tertiary/aromatic N) is 1. The van der Waals surface area contributed by atoms with Gasteiger partial charge in [-0.15, -0.1) is 0 Å². The first-order valence-corrected chi connectivity index (χ1v) is 6.41. The van der Waals surface area contributed by atoms with Crippen molar-refractivity contribution in [2.24, 2.45) is 5.84 Å². The zero-order valence-corrected chi connectivity index (χ0v) is 11.4. The van der Waals surface area contributed by atoms with E-state index in [-0.39, 0.29) is 11.6 Å². The molecule has 3 N–H and O–H groups in total. The number of hydrogen-bond acceptors (Lipinski definition) is 4. The molecule has 0 aromatic heterocycles. The number of rotatable bonds is 2. The van der Waals surface area contributed by atoms with E-state index in [2.05, 4.69) is 0 Å². The smallest absolute Gasteiger partial charge is 0.377 e. The van der Waals surface area contributed by atoms with Crippen molar-refractivity contribution in [3.63, 3.8) is 0 Å². The number of alkyl halides is 3. The summed E-state index contributed by atoms with van der Waals surface area (Å²) in [6.45, 7) is 2.83. The third-order valence-corrected chi connectivity index (χ3v) is 3.37. The first-order valence-electron chi connectivity index (χ1n) is 6.41. The third kappa shape index (κ3) is 3.11. The monoisotopic (exact) mass is 303 g/mol. The van der Waals surface area contributed by atoms with Crippen LogP contribution in [0.5, 0.6) is 0 Å². The van der Waals surface area contributed by atoms with Crippen LogP contribution >= 0.6 is 0 Å². The quantitative estimate of drug-likeness (QED) is 0.646. The van der Waals surface area contributed by atoms with E-state index in [1.807, 2.05) is 5.43 Å². The average Bonchev–Trinajstić information content (AvgIpc) is 2.45. The fraction of sp³-hybridized carbons (Fsp3) is 0.462. The summed E-state index contributed by atoms with van der Waals surface area (Å²) in [4.78, 5) is 14.0. The number of ether oxygens (including phenoxy) is 1. The van der Waals surface area contributed by atoms with Crippen LogP contribution in [-0.2, 0) is 10.9 Å². The molecular formula is C13H16F3N3O2. The largest absolute Gasteiger partial charge is 0.418 e. The van der Waals surface area contributed by atoms with Crippen LogP contribution in [0.25, 0.3) is 0 Å². The van der Waals surface area contributed by atoms with Gasteiger partial charge in [0.25, 0.3) is 5.91 Å². The Morgan fingerprint density at radius 1 is 1.48 bits per heavy atom. The van der Waals surface area contributed by atoms with Crippen molar-refractivity contribution >= 4 is 11.6 Å². The summed E-state index contributed by atoms with van der Waals surface area (Å²) in [5.41, 5.74) is 0.541. The normalized spacial score (nSPS) is 19.5. The first kappa shape index (κ1) is 15.6. The maximum atomic E-state index is 13.0. The molecule has 8 heteroatoms. The summed E-state index contributed by atoms with van der Waals surface area (Å²) in [5.74, 6) is 4.71. The number of anilines is 1. The Hall–Kier alpha value is -1.80. The number of halogens is 3. The lowest BCUT2D eigenvalue weighted by Crippen LogP contribution is -2.47. The molecule has 1 fully saturated rings. The van der Waals surface area contributed by atoms with E-state index < -0.39 is 23.3 Å². The van der Waals surface area contributed by atoms with Crippen molar-refractivity contribution in [2.45, 2.75) is 19.1 Å². The van der Waals surface area contributed by atoms with Gasteiger partial charge in [-0.3, -0.25) is 10.6 Å². The van der Waals surface area contributed by atoms with Crippen LogP contribution in [0.3, 0.4) is 0 Å². The topological polar surface area (TPSA) is 67.6 Å². The van der Waals surface area contributed by atoms with Crippen molar-refractivity contribution in [2.75, 3.05) is 25.2 Å². The molecule has 1 aromatic rings. The molecule has 116 valence electrons. The summed E-state index contributed by atoms with van der Waals surface area (Å²) in [6, 6.07) is 3.21. The first-order chi connectivity index (χ1) is 9.86. The summed E-state index contributed by atoms with van der Waals surface area (Å²) >= 11 is 0. The molecule has 21 heavy (non-hydrogen) atoms. The van der Waals surface area contributed by atoms with Gasteiger partial charge in [-0.1, -0.05) is 6.07 Å². The minimum atomic E-state index is -4.59. The fourth-order valence-electron chi connectivity index (χ4n) is 2.31.